The number of anilines is 1. The fourth-order valence-corrected chi connectivity index (χ4v) is 4.41. The molecular weight excluding hydrogens is 408 g/mol. The van der Waals surface area contributed by atoms with E-state index in [9.17, 15) is 13.6 Å². The summed E-state index contributed by atoms with van der Waals surface area (Å²) in [5.41, 5.74) is 0. The Morgan fingerprint density at radius 1 is 1.26 bits per heavy atom. The second kappa shape index (κ2) is 9.07. The zero-order valence-corrected chi connectivity index (χ0v) is 17.6. The summed E-state index contributed by atoms with van der Waals surface area (Å²) in [6.07, 6.45) is -0.0641. The van der Waals surface area contributed by atoms with Gasteiger partial charge in [-0.05, 0) is 44.2 Å². The average Bonchev–Trinajstić information content (AvgIpc) is 3.26. The zero-order chi connectivity index (χ0) is 22.0. The first-order valence-corrected chi connectivity index (χ1v) is 10.5. The number of benzene rings is 1. The maximum Gasteiger partial charge on any atom is 0.263 e. The van der Waals surface area contributed by atoms with Crippen molar-refractivity contribution in [1.29, 1.82) is 0 Å². The smallest absolute Gasteiger partial charge is 0.263 e. The number of aromatic nitrogens is 3. The molecule has 2 aromatic rings. The van der Waals surface area contributed by atoms with Crippen LogP contribution in [0.25, 0.3) is 0 Å². The monoisotopic (exact) mass is 435 g/mol. The van der Waals surface area contributed by atoms with Gasteiger partial charge in [-0.3, -0.25) is 4.79 Å². The number of carbonyl (C=O) groups excluding carboxylic acids is 1. The summed E-state index contributed by atoms with van der Waals surface area (Å²) in [4.78, 5) is 18.7. The number of nitrogens with one attached hydrogen (secondary N) is 1. The first-order valence-electron chi connectivity index (χ1n) is 10.5. The van der Waals surface area contributed by atoms with E-state index in [0.717, 1.165) is 12.8 Å². The number of ether oxygens (including phenoxy) is 2. The molecule has 1 N–H and O–H groups in total. The number of fused-ring (bicyclic) bond motifs is 1. The van der Waals surface area contributed by atoms with Crippen molar-refractivity contribution in [3.63, 3.8) is 0 Å². The molecule has 0 aliphatic carbocycles. The second-order valence-electron chi connectivity index (χ2n) is 8.02. The van der Waals surface area contributed by atoms with Crippen molar-refractivity contribution in [3.8, 4) is 11.5 Å². The van der Waals surface area contributed by atoms with E-state index >= 15 is 0 Å². The number of likely N-dealkylation sites (tertiary alicyclic amines) is 1. The number of amides is 1. The van der Waals surface area contributed by atoms with E-state index in [-0.39, 0.29) is 17.9 Å². The molecule has 10 heteroatoms. The molecule has 3 atom stereocenters. The molecule has 0 radical (unpaired) electrons. The lowest BCUT2D eigenvalue weighted by atomic mass is 9.85. The Morgan fingerprint density at radius 2 is 2.00 bits per heavy atom. The Bertz CT molecular complexity index is 901. The number of methoxy groups -OCH3 is 1. The van der Waals surface area contributed by atoms with Gasteiger partial charge < -0.3 is 19.7 Å². The first kappa shape index (κ1) is 21.3. The molecule has 2 aliphatic heterocycles. The van der Waals surface area contributed by atoms with E-state index in [1.165, 1.54) is 11.0 Å². The van der Waals surface area contributed by atoms with Crippen molar-refractivity contribution in [2.75, 3.05) is 25.5 Å². The number of hydrogen-bond donors (Lipinski definition) is 1. The summed E-state index contributed by atoms with van der Waals surface area (Å²) < 4.78 is 39.3. The lowest BCUT2D eigenvalue weighted by Gasteiger charge is -2.40. The molecule has 4 rings (SSSR count). The minimum atomic E-state index is -2.50. The van der Waals surface area contributed by atoms with Crippen LogP contribution in [0.2, 0.25) is 0 Å². The minimum absolute atomic E-state index is 0.0805. The lowest BCUT2D eigenvalue weighted by Crippen LogP contribution is -2.48. The van der Waals surface area contributed by atoms with Gasteiger partial charge in [0.25, 0.3) is 12.3 Å². The number of piperidine rings is 1. The highest BCUT2D eigenvalue weighted by Crippen LogP contribution is 2.35. The van der Waals surface area contributed by atoms with Gasteiger partial charge in [-0.15, -0.1) is 0 Å². The quantitative estimate of drug-likeness (QED) is 0.751. The standard InChI is InChI=1S/C21H27F2N5O3/c1-13(31-16-5-3-4-15(10-16)30-2)20(29)27-8-6-14(7-9-27)17-11-18(19(22)23)28-21(26-17)24-12-25-28/h3-5,10,12-14,17-19H,6-9,11H2,1-2H3,(H,24,25,26)/t13-,17-,18+/m0/s1. The first-order chi connectivity index (χ1) is 15.0. The Labute approximate surface area is 179 Å². The number of nitrogens with zero attached hydrogens (tertiary/aromatic N) is 4. The van der Waals surface area contributed by atoms with E-state index < -0.39 is 18.6 Å². The molecule has 31 heavy (non-hydrogen) atoms. The zero-order valence-electron chi connectivity index (χ0n) is 17.6. The van der Waals surface area contributed by atoms with Crippen LogP contribution in [0.15, 0.2) is 30.6 Å². The van der Waals surface area contributed by atoms with Crippen LogP contribution >= 0.6 is 0 Å². The molecular formula is C21H27F2N5O3. The SMILES string of the molecule is COc1cccc(O[C@@H](C)C(=O)N2CCC([C@@H]3C[C@H](C(F)F)n4ncnc4N3)CC2)c1. The topological polar surface area (TPSA) is 81.5 Å². The van der Waals surface area contributed by atoms with Crippen LogP contribution in [-0.2, 0) is 4.79 Å². The number of hydrogen-bond acceptors (Lipinski definition) is 6. The third kappa shape index (κ3) is 4.57. The van der Waals surface area contributed by atoms with Crippen LogP contribution < -0.4 is 14.8 Å². The van der Waals surface area contributed by atoms with Crippen molar-refractivity contribution in [1.82, 2.24) is 19.7 Å². The lowest BCUT2D eigenvalue weighted by molar-refractivity contribution is -0.139. The fraction of sp³-hybridized carbons (Fsp3) is 0.571. The van der Waals surface area contributed by atoms with Gasteiger partial charge in [0.05, 0.1) is 7.11 Å². The molecule has 1 aromatic carbocycles. The number of halogens is 2. The number of alkyl halides is 2. The molecule has 0 spiro atoms. The molecule has 168 valence electrons. The molecule has 1 amide bonds. The Hall–Kier alpha value is -2.91. The van der Waals surface area contributed by atoms with Gasteiger partial charge in [-0.1, -0.05) is 6.07 Å². The molecule has 2 aliphatic rings. The molecule has 3 heterocycles. The minimum Gasteiger partial charge on any atom is -0.497 e. The van der Waals surface area contributed by atoms with Crippen LogP contribution in [0.1, 0.15) is 32.2 Å². The van der Waals surface area contributed by atoms with Gasteiger partial charge >= 0.3 is 0 Å². The molecule has 1 aromatic heterocycles. The normalized spacial score (nSPS) is 22.5. The summed E-state index contributed by atoms with van der Waals surface area (Å²) >= 11 is 0. The van der Waals surface area contributed by atoms with Gasteiger partial charge in [0.15, 0.2) is 6.10 Å². The van der Waals surface area contributed by atoms with Crippen molar-refractivity contribution >= 4 is 11.9 Å². The Balaban J connectivity index is 1.32. The maximum absolute atomic E-state index is 13.5. The molecule has 0 saturated carbocycles. The van der Waals surface area contributed by atoms with Gasteiger partial charge in [0.1, 0.15) is 23.9 Å². The highest BCUT2D eigenvalue weighted by atomic mass is 19.3. The third-order valence-corrected chi connectivity index (χ3v) is 6.11. The van der Waals surface area contributed by atoms with E-state index in [1.54, 1.807) is 31.1 Å². The summed E-state index contributed by atoms with van der Waals surface area (Å²) in [5, 5.41) is 7.19. The van der Waals surface area contributed by atoms with E-state index in [1.807, 2.05) is 12.1 Å². The van der Waals surface area contributed by atoms with E-state index in [0.29, 0.717) is 37.0 Å². The van der Waals surface area contributed by atoms with Crippen molar-refractivity contribution in [2.45, 2.75) is 50.8 Å². The highest BCUT2D eigenvalue weighted by Gasteiger charge is 2.39. The largest absolute Gasteiger partial charge is 0.497 e. The molecule has 8 nitrogen and oxygen atoms in total. The predicted molar refractivity (Wildman–Crippen MR) is 109 cm³/mol. The summed E-state index contributed by atoms with van der Waals surface area (Å²) in [5.74, 6) is 1.73. The molecule has 1 saturated heterocycles. The second-order valence-corrected chi connectivity index (χ2v) is 8.02. The van der Waals surface area contributed by atoms with Crippen LogP contribution in [0.4, 0.5) is 14.7 Å². The van der Waals surface area contributed by atoms with Crippen LogP contribution in [0.3, 0.4) is 0 Å². The van der Waals surface area contributed by atoms with Crippen LogP contribution in [0, 0.1) is 5.92 Å². The third-order valence-electron chi connectivity index (χ3n) is 6.11. The maximum atomic E-state index is 13.5. The van der Waals surface area contributed by atoms with Crippen LogP contribution in [-0.4, -0.2) is 64.3 Å². The number of rotatable bonds is 6. The van der Waals surface area contributed by atoms with Crippen molar-refractivity contribution in [2.24, 2.45) is 5.92 Å². The van der Waals surface area contributed by atoms with Crippen molar-refractivity contribution in [3.05, 3.63) is 30.6 Å². The predicted octanol–water partition coefficient (Wildman–Crippen LogP) is 2.98. The summed E-state index contributed by atoms with van der Waals surface area (Å²) in [6.45, 7) is 2.87. The summed E-state index contributed by atoms with van der Waals surface area (Å²) in [6, 6.07) is 6.05. The Morgan fingerprint density at radius 3 is 2.71 bits per heavy atom. The van der Waals surface area contributed by atoms with E-state index in [2.05, 4.69) is 15.4 Å². The van der Waals surface area contributed by atoms with Crippen LogP contribution in [0.5, 0.6) is 11.5 Å². The Kier molecular flexibility index (Phi) is 6.24. The summed E-state index contributed by atoms with van der Waals surface area (Å²) in [7, 11) is 1.58. The van der Waals surface area contributed by atoms with Crippen molar-refractivity contribution < 1.29 is 23.0 Å². The molecule has 0 bridgehead atoms. The van der Waals surface area contributed by atoms with Gasteiger partial charge in [0, 0.05) is 25.2 Å². The highest BCUT2D eigenvalue weighted by molar-refractivity contribution is 5.81. The molecule has 1 fully saturated rings. The van der Waals surface area contributed by atoms with Gasteiger partial charge in [-0.2, -0.15) is 10.1 Å². The van der Waals surface area contributed by atoms with Gasteiger partial charge in [-0.25, -0.2) is 13.5 Å². The van der Waals surface area contributed by atoms with Gasteiger partial charge in [0.2, 0.25) is 5.95 Å². The molecule has 0 unspecified atom stereocenters. The number of carbonyl (C=O) groups is 1. The van der Waals surface area contributed by atoms with E-state index in [4.69, 9.17) is 9.47 Å². The average molecular weight is 435 g/mol. The fourth-order valence-electron chi connectivity index (χ4n) is 4.41.